The number of halogens is 2. The van der Waals surface area contributed by atoms with Gasteiger partial charge in [-0.05, 0) is 31.0 Å². The second-order valence-electron chi connectivity index (χ2n) is 5.76. The third kappa shape index (κ3) is 4.16. The van der Waals surface area contributed by atoms with Gasteiger partial charge in [0.1, 0.15) is 0 Å². The summed E-state index contributed by atoms with van der Waals surface area (Å²) in [6, 6.07) is 5.18. The van der Waals surface area contributed by atoms with Crippen LogP contribution in [0.4, 0.5) is 11.6 Å². The molecule has 1 amide bonds. The molecule has 0 saturated carbocycles. The molecule has 7 heteroatoms. The minimum absolute atomic E-state index is 0.00186. The van der Waals surface area contributed by atoms with E-state index in [-0.39, 0.29) is 5.91 Å². The number of nitrogens with zero attached hydrogens (tertiary/aromatic N) is 3. The highest BCUT2D eigenvalue weighted by atomic mass is 35.5. The fourth-order valence-corrected chi connectivity index (χ4v) is 2.96. The van der Waals surface area contributed by atoms with E-state index in [9.17, 15) is 4.79 Å². The molecule has 0 spiro atoms. The van der Waals surface area contributed by atoms with Gasteiger partial charge in [-0.3, -0.25) is 4.79 Å². The quantitative estimate of drug-likeness (QED) is 0.867. The molecule has 0 unspecified atom stereocenters. The lowest BCUT2D eigenvalue weighted by molar-refractivity contribution is 0.0761. The summed E-state index contributed by atoms with van der Waals surface area (Å²) >= 11 is 11.9. The summed E-state index contributed by atoms with van der Waals surface area (Å²) in [6.07, 6.45) is 7.60. The molecule has 0 radical (unpaired) electrons. The lowest BCUT2D eigenvalue weighted by Crippen LogP contribution is -2.32. The average molecular weight is 365 g/mol. The van der Waals surface area contributed by atoms with Gasteiger partial charge in [0, 0.05) is 31.2 Å². The van der Waals surface area contributed by atoms with E-state index in [1.807, 2.05) is 4.90 Å². The van der Waals surface area contributed by atoms with Crippen LogP contribution in [0.2, 0.25) is 10.0 Å². The first-order chi connectivity index (χ1) is 11.6. The van der Waals surface area contributed by atoms with Crippen LogP contribution < -0.4 is 5.32 Å². The van der Waals surface area contributed by atoms with Crippen LogP contribution in [-0.4, -0.2) is 33.9 Å². The summed E-state index contributed by atoms with van der Waals surface area (Å²) in [5.74, 6) is 0.402. The minimum Gasteiger partial charge on any atom is -0.339 e. The number of carbonyl (C=O) groups is 1. The zero-order valence-electron chi connectivity index (χ0n) is 13.1. The Balaban J connectivity index is 1.68. The van der Waals surface area contributed by atoms with E-state index in [1.165, 1.54) is 12.8 Å². The summed E-state index contributed by atoms with van der Waals surface area (Å²) in [6.45, 7) is 1.62. The molecule has 2 heterocycles. The van der Waals surface area contributed by atoms with Crippen molar-refractivity contribution in [2.45, 2.75) is 25.7 Å². The number of benzene rings is 1. The van der Waals surface area contributed by atoms with Crippen molar-refractivity contribution >= 4 is 40.7 Å². The number of likely N-dealkylation sites (tertiary alicyclic amines) is 1. The van der Waals surface area contributed by atoms with Crippen molar-refractivity contribution in [3.8, 4) is 0 Å². The molecular formula is C17H18Cl2N4O. The Morgan fingerprint density at radius 2 is 1.67 bits per heavy atom. The van der Waals surface area contributed by atoms with Crippen LogP contribution >= 0.6 is 23.2 Å². The van der Waals surface area contributed by atoms with Crippen LogP contribution in [0.5, 0.6) is 0 Å². The summed E-state index contributed by atoms with van der Waals surface area (Å²) in [5.41, 5.74) is 1.24. The lowest BCUT2D eigenvalue weighted by Gasteiger charge is -2.19. The zero-order chi connectivity index (χ0) is 16.9. The average Bonchev–Trinajstić information content (AvgIpc) is 2.88. The molecule has 24 heavy (non-hydrogen) atoms. The Hall–Kier alpha value is -1.85. The molecule has 1 N–H and O–H groups in total. The summed E-state index contributed by atoms with van der Waals surface area (Å²) in [5, 5.41) is 3.98. The molecule has 126 valence electrons. The van der Waals surface area contributed by atoms with E-state index in [0.29, 0.717) is 21.6 Å². The summed E-state index contributed by atoms with van der Waals surface area (Å²) in [4.78, 5) is 22.8. The number of hydrogen-bond donors (Lipinski definition) is 1. The van der Waals surface area contributed by atoms with Crippen molar-refractivity contribution < 1.29 is 4.79 Å². The van der Waals surface area contributed by atoms with Crippen LogP contribution in [0.3, 0.4) is 0 Å². The number of carbonyl (C=O) groups excluding carboxylic acids is 1. The van der Waals surface area contributed by atoms with E-state index in [1.54, 1.807) is 30.6 Å². The van der Waals surface area contributed by atoms with Gasteiger partial charge in [0.25, 0.3) is 5.91 Å². The topological polar surface area (TPSA) is 58.1 Å². The lowest BCUT2D eigenvalue weighted by atomic mass is 10.2. The molecule has 0 aliphatic carbocycles. The monoisotopic (exact) mass is 364 g/mol. The molecule has 1 saturated heterocycles. The third-order valence-corrected chi connectivity index (χ3v) is 4.71. The number of rotatable bonds is 3. The maximum Gasteiger partial charge on any atom is 0.256 e. The standard InChI is InChI=1S/C17H18Cl2N4O/c18-14-6-5-13(9-15(14)19)22-17-20-10-12(11-21-17)16(24)23-7-3-1-2-4-8-23/h5-6,9-11H,1-4,7-8H2,(H,20,21,22). The number of amides is 1. The predicted molar refractivity (Wildman–Crippen MR) is 96.1 cm³/mol. The highest BCUT2D eigenvalue weighted by Gasteiger charge is 2.18. The first-order valence-electron chi connectivity index (χ1n) is 7.97. The normalized spacial score (nSPS) is 15.0. The van der Waals surface area contributed by atoms with E-state index in [4.69, 9.17) is 23.2 Å². The smallest absolute Gasteiger partial charge is 0.256 e. The molecule has 1 aromatic heterocycles. The van der Waals surface area contributed by atoms with Gasteiger partial charge < -0.3 is 10.2 Å². The predicted octanol–water partition coefficient (Wildman–Crippen LogP) is 4.54. The molecule has 1 aromatic carbocycles. The van der Waals surface area contributed by atoms with Crippen LogP contribution in [-0.2, 0) is 0 Å². The number of nitrogens with one attached hydrogen (secondary N) is 1. The number of hydrogen-bond acceptors (Lipinski definition) is 4. The molecule has 0 bridgehead atoms. The van der Waals surface area contributed by atoms with Crippen molar-refractivity contribution in [3.63, 3.8) is 0 Å². The molecule has 0 atom stereocenters. The first kappa shape index (κ1) is 17.0. The molecule has 5 nitrogen and oxygen atoms in total. The first-order valence-corrected chi connectivity index (χ1v) is 8.72. The second kappa shape index (κ2) is 7.81. The van der Waals surface area contributed by atoms with Gasteiger partial charge in [0.15, 0.2) is 0 Å². The van der Waals surface area contributed by atoms with Crippen LogP contribution in [0, 0.1) is 0 Å². The maximum absolute atomic E-state index is 12.5. The van der Waals surface area contributed by atoms with Crippen molar-refractivity contribution in [3.05, 3.63) is 46.2 Å². The van der Waals surface area contributed by atoms with Crippen molar-refractivity contribution in [1.29, 1.82) is 0 Å². The van der Waals surface area contributed by atoms with E-state index in [2.05, 4.69) is 15.3 Å². The Kier molecular flexibility index (Phi) is 5.53. The van der Waals surface area contributed by atoms with E-state index in [0.717, 1.165) is 31.6 Å². The van der Waals surface area contributed by atoms with Gasteiger partial charge in [-0.1, -0.05) is 36.0 Å². The van der Waals surface area contributed by atoms with E-state index >= 15 is 0 Å². The highest BCUT2D eigenvalue weighted by molar-refractivity contribution is 6.42. The number of aromatic nitrogens is 2. The Morgan fingerprint density at radius 3 is 2.29 bits per heavy atom. The van der Waals surface area contributed by atoms with Crippen LogP contribution in [0.1, 0.15) is 36.0 Å². The molecule has 1 aliphatic heterocycles. The minimum atomic E-state index is -0.00186. The summed E-state index contributed by atoms with van der Waals surface area (Å²) < 4.78 is 0. The largest absolute Gasteiger partial charge is 0.339 e. The fourth-order valence-electron chi connectivity index (χ4n) is 2.66. The molecule has 1 aliphatic rings. The van der Waals surface area contributed by atoms with Crippen molar-refractivity contribution in [2.24, 2.45) is 0 Å². The molecule has 2 aromatic rings. The van der Waals surface area contributed by atoms with Gasteiger partial charge in [0.05, 0.1) is 15.6 Å². The van der Waals surface area contributed by atoms with Crippen LogP contribution in [0.25, 0.3) is 0 Å². The highest BCUT2D eigenvalue weighted by Crippen LogP contribution is 2.26. The Bertz CT molecular complexity index is 713. The molecular weight excluding hydrogens is 347 g/mol. The fraction of sp³-hybridized carbons (Fsp3) is 0.353. The van der Waals surface area contributed by atoms with Gasteiger partial charge in [-0.15, -0.1) is 0 Å². The van der Waals surface area contributed by atoms with E-state index < -0.39 is 0 Å². The maximum atomic E-state index is 12.5. The molecule has 3 rings (SSSR count). The third-order valence-electron chi connectivity index (χ3n) is 3.97. The number of anilines is 2. The zero-order valence-corrected chi connectivity index (χ0v) is 14.6. The van der Waals surface area contributed by atoms with Crippen molar-refractivity contribution in [1.82, 2.24) is 14.9 Å². The van der Waals surface area contributed by atoms with Gasteiger partial charge in [-0.25, -0.2) is 9.97 Å². The second-order valence-corrected chi connectivity index (χ2v) is 6.57. The Morgan fingerprint density at radius 1 is 1.00 bits per heavy atom. The van der Waals surface area contributed by atoms with Crippen molar-refractivity contribution in [2.75, 3.05) is 18.4 Å². The SMILES string of the molecule is O=C(c1cnc(Nc2ccc(Cl)c(Cl)c2)nc1)N1CCCCCC1. The summed E-state index contributed by atoms with van der Waals surface area (Å²) in [7, 11) is 0. The van der Waals surface area contributed by atoms with Gasteiger partial charge >= 0.3 is 0 Å². The van der Waals surface area contributed by atoms with Gasteiger partial charge in [-0.2, -0.15) is 0 Å². The van der Waals surface area contributed by atoms with Crippen LogP contribution in [0.15, 0.2) is 30.6 Å². The van der Waals surface area contributed by atoms with Gasteiger partial charge in [0.2, 0.25) is 5.95 Å². The molecule has 1 fully saturated rings. The Labute approximate surface area is 151 Å².